The number of nitrogens with two attached hydrogens (primary N) is 1. The van der Waals surface area contributed by atoms with E-state index in [0.717, 1.165) is 11.5 Å². The summed E-state index contributed by atoms with van der Waals surface area (Å²) in [6, 6.07) is 14.6. The van der Waals surface area contributed by atoms with Crippen LogP contribution in [0.15, 0.2) is 64.5 Å². The van der Waals surface area contributed by atoms with Gasteiger partial charge in [0, 0.05) is 16.8 Å². The highest BCUT2D eigenvalue weighted by atomic mass is 32.2. The van der Waals surface area contributed by atoms with Gasteiger partial charge in [0.15, 0.2) is 5.03 Å². The first-order chi connectivity index (χ1) is 13.5. The molecule has 0 aliphatic rings. The van der Waals surface area contributed by atoms with Crippen LogP contribution >= 0.6 is 0 Å². The summed E-state index contributed by atoms with van der Waals surface area (Å²) in [4.78, 5) is 0.119. The van der Waals surface area contributed by atoms with Crippen molar-refractivity contribution in [2.24, 2.45) is 5.73 Å². The molecule has 144 valence electrons. The molecule has 3 N–H and O–H groups in total. The molecule has 0 fully saturated rings. The fraction of sp³-hybridized carbons (Fsp3) is 0.150. The van der Waals surface area contributed by atoms with Crippen LogP contribution in [0.25, 0.3) is 21.7 Å². The first-order valence-electron chi connectivity index (χ1n) is 8.75. The lowest BCUT2D eigenvalue weighted by atomic mass is 10.1. The zero-order valence-corrected chi connectivity index (χ0v) is 15.7. The number of ether oxygens (including phenoxy) is 1. The average molecular weight is 399 g/mol. The molecule has 0 radical (unpaired) electrons. The van der Waals surface area contributed by atoms with Gasteiger partial charge in [-0.3, -0.25) is 5.10 Å². The maximum Gasteiger partial charge on any atom is 0.226 e. The number of halogens is 1. The lowest BCUT2D eigenvalue weighted by Gasteiger charge is -2.08. The number of benzene rings is 3. The van der Waals surface area contributed by atoms with Crippen molar-refractivity contribution in [3.8, 4) is 5.75 Å². The molecule has 3 aromatic carbocycles. The number of hydrogen-bond acceptors (Lipinski definition) is 5. The fourth-order valence-electron chi connectivity index (χ4n) is 3.15. The summed E-state index contributed by atoms with van der Waals surface area (Å²) in [6.07, 6.45) is 0.591. The Hall–Kier alpha value is -2.97. The van der Waals surface area contributed by atoms with Gasteiger partial charge in [0.05, 0.1) is 11.5 Å². The van der Waals surface area contributed by atoms with Gasteiger partial charge in [-0.15, -0.1) is 0 Å². The second-order valence-electron chi connectivity index (χ2n) is 6.33. The van der Waals surface area contributed by atoms with E-state index in [9.17, 15) is 12.8 Å². The summed E-state index contributed by atoms with van der Waals surface area (Å²) in [7, 11) is -3.99. The first kappa shape index (κ1) is 18.4. The molecule has 28 heavy (non-hydrogen) atoms. The normalized spacial score (nSPS) is 11.9. The van der Waals surface area contributed by atoms with Gasteiger partial charge in [0.25, 0.3) is 0 Å². The minimum absolute atomic E-state index is 0.119. The SMILES string of the molecule is NCCCOc1cc(F)cc2c(S(=O)(=O)c3cccc4ccccc34)n[nH]c12. The number of sulfone groups is 1. The molecule has 1 heterocycles. The molecule has 0 aliphatic heterocycles. The number of fused-ring (bicyclic) bond motifs is 2. The number of aromatic amines is 1. The summed E-state index contributed by atoms with van der Waals surface area (Å²) < 4.78 is 46.4. The van der Waals surface area contributed by atoms with E-state index in [-0.39, 0.29) is 21.1 Å². The average Bonchev–Trinajstić information content (AvgIpc) is 3.12. The highest BCUT2D eigenvalue weighted by molar-refractivity contribution is 7.91. The van der Waals surface area contributed by atoms with Gasteiger partial charge in [-0.1, -0.05) is 36.4 Å². The molecule has 0 amide bonds. The van der Waals surface area contributed by atoms with Crippen LogP contribution in [0.5, 0.6) is 5.75 Å². The smallest absolute Gasteiger partial charge is 0.226 e. The molecule has 0 saturated heterocycles. The Labute approximate surface area is 161 Å². The molecule has 1 aromatic heterocycles. The van der Waals surface area contributed by atoms with Crippen LogP contribution in [-0.4, -0.2) is 31.8 Å². The Morgan fingerprint density at radius 1 is 1.07 bits per heavy atom. The van der Waals surface area contributed by atoms with E-state index in [1.165, 1.54) is 12.1 Å². The van der Waals surface area contributed by atoms with E-state index in [4.69, 9.17) is 10.5 Å². The van der Waals surface area contributed by atoms with Gasteiger partial charge in [-0.05, 0) is 30.5 Å². The van der Waals surface area contributed by atoms with Crippen molar-refractivity contribution in [1.82, 2.24) is 10.2 Å². The minimum atomic E-state index is -3.99. The number of rotatable bonds is 6. The predicted octanol–water partition coefficient (Wildman–Crippen LogP) is 3.42. The quantitative estimate of drug-likeness (QED) is 0.484. The summed E-state index contributed by atoms with van der Waals surface area (Å²) in [6.45, 7) is 0.724. The zero-order chi connectivity index (χ0) is 19.7. The van der Waals surface area contributed by atoms with Crippen LogP contribution in [0.1, 0.15) is 6.42 Å². The fourth-order valence-corrected chi connectivity index (χ4v) is 4.71. The summed E-state index contributed by atoms with van der Waals surface area (Å²) in [5, 5.41) is 7.97. The number of nitrogens with one attached hydrogen (secondary N) is 1. The Morgan fingerprint density at radius 2 is 1.86 bits per heavy atom. The van der Waals surface area contributed by atoms with E-state index in [1.54, 1.807) is 18.2 Å². The van der Waals surface area contributed by atoms with Crippen LogP contribution < -0.4 is 10.5 Å². The van der Waals surface area contributed by atoms with Gasteiger partial charge in [-0.25, -0.2) is 12.8 Å². The molecule has 0 unspecified atom stereocenters. The number of H-pyrrole nitrogens is 1. The summed E-state index contributed by atoms with van der Waals surface area (Å²) in [5.41, 5.74) is 5.78. The van der Waals surface area contributed by atoms with Crippen molar-refractivity contribution in [3.05, 3.63) is 60.4 Å². The van der Waals surface area contributed by atoms with E-state index in [0.29, 0.717) is 30.5 Å². The Bertz CT molecular complexity index is 1260. The van der Waals surface area contributed by atoms with Crippen molar-refractivity contribution in [2.75, 3.05) is 13.2 Å². The highest BCUT2D eigenvalue weighted by Crippen LogP contribution is 2.34. The number of nitrogens with zero attached hydrogens (tertiary/aromatic N) is 1. The van der Waals surface area contributed by atoms with Crippen molar-refractivity contribution >= 4 is 31.5 Å². The van der Waals surface area contributed by atoms with E-state index >= 15 is 0 Å². The maximum atomic E-state index is 14.2. The summed E-state index contributed by atoms with van der Waals surface area (Å²) in [5.74, 6) is -0.402. The molecule has 4 aromatic rings. The maximum absolute atomic E-state index is 14.2. The molecular formula is C20H18FN3O3S. The van der Waals surface area contributed by atoms with E-state index in [1.807, 2.05) is 18.2 Å². The monoisotopic (exact) mass is 399 g/mol. The van der Waals surface area contributed by atoms with Crippen molar-refractivity contribution in [3.63, 3.8) is 0 Å². The van der Waals surface area contributed by atoms with Crippen LogP contribution in [0, 0.1) is 5.82 Å². The predicted molar refractivity (Wildman–Crippen MR) is 105 cm³/mol. The molecule has 8 heteroatoms. The van der Waals surface area contributed by atoms with Crippen LogP contribution in [-0.2, 0) is 9.84 Å². The van der Waals surface area contributed by atoms with Crippen molar-refractivity contribution in [2.45, 2.75) is 16.3 Å². The van der Waals surface area contributed by atoms with Gasteiger partial charge >= 0.3 is 0 Å². The van der Waals surface area contributed by atoms with Crippen molar-refractivity contribution in [1.29, 1.82) is 0 Å². The molecule has 0 saturated carbocycles. The lowest BCUT2D eigenvalue weighted by Crippen LogP contribution is -2.06. The largest absolute Gasteiger partial charge is 0.491 e. The Morgan fingerprint density at radius 3 is 2.68 bits per heavy atom. The first-order valence-corrected chi connectivity index (χ1v) is 10.2. The molecule has 0 spiro atoms. The Kier molecular flexibility index (Phi) is 4.74. The van der Waals surface area contributed by atoms with Crippen LogP contribution in [0.2, 0.25) is 0 Å². The standard InChI is InChI=1S/C20H18FN3O3S/c21-14-11-16-19(17(12-14)27-10-4-9-22)23-24-20(16)28(25,26)18-8-3-6-13-5-1-2-7-15(13)18/h1-3,5-8,11-12H,4,9-10,22H2,(H,23,24). The van der Waals surface area contributed by atoms with Crippen LogP contribution in [0.4, 0.5) is 4.39 Å². The van der Waals surface area contributed by atoms with Gasteiger partial charge in [-0.2, -0.15) is 5.10 Å². The molecule has 0 aliphatic carbocycles. The topological polar surface area (TPSA) is 98.1 Å². The van der Waals surface area contributed by atoms with E-state index < -0.39 is 15.7 Å². The van der Waals surface area contributed by atoms with Gasteiger partial charge in [0.2, 0.25) is 9.84 Å². The minimum Gasteiger partial charge on any atom is -0.491 e. The third kappa shape index (κ3) is 3.10. The third-order valence-corrected chi connectivity index (χ3v) is 6.22. The lowest BCUT2D eigenvalue weighted by molar-refractivity contribution is 0.315. The molecule has 4 rings (SSSR count). The molecule has 6 nitrogen and oxygen atoms in total. The molecule has 0 bridgehead atoms. The second-order valence-corrected chi connectivity index (χ2v) is 8.16. The highest BCUT2D eigenvalue weighted by Gasteiger charge is 2.27. The zero-order valence-electron chi connectivity index (χ0n) is 14.9. The second kappa shape index (κ2) is 7.21. The Balaban J connectivity index is 1.89. The van der Waals surface area contributed by atoms with Crippen LogP contribution in [0.3, 0.4) is 0 Å². The molecule has 0 atom stereocenters. The van der Waals surface area contributed by atoms with Gasteiger partial charge in [0.1, 0.15) is 17.1 Å². The number of hydrogen-bond donors (Lipinski definition) is 2. The van der Waals surface area contributed by atoms with E-state index in [2.05, 4.69) is 10.2 Å². The summed E-state index contributed by atoms with van der Waals surface area (Å²) >= 11 is 0. The van der Waals surface area contributed by atoms with Gasteiger partial charge < -0.3 is 10.5 Å². The third-order valence-electron chi connectivity index (χ3n) is 4.47. The number of aromatic nitrogens is 2. The molecular weight excluding hydrogens is 381 g/mol. The van der Waals surface area contributed by atoms with Crippen molar-refractivity contribution < 1.29 is 17.5 Å².